The zero-order valence-corrected chi connectivity index (χ0v) is 23.2. The van der Waals surface area contributed by atoms with Crippen molar-refractivity contribution in [1.29, 1.82) is 0 Å². The van der Waals surface area contributed by atoms with Gasteiger partial charge in [-0.2, -0.15) is 15.0 Å². The van der Waals surface area contributed by atoms with E-state index >= 15 is 0 Å². The summed E-state index contributed by atoms with van der Waals surface area (Å²) in [5.41, 5.74) is 1.04. The molecule has 0 saturated carbocycles. The molecule has 2 aromatic carbocycles. The molecule has 0 bridgehead atoms. The first-order valence-electron chi connectivity index (χ1n) is 13.6. The number of thioether (sulfide) groups is 2. The first kappa shape index (κ1) is 27.8. The average molecular weight is 511 g/mol. The molecular weight excluding hydrogens is 468 g/mol. The zero-order valence-electron chi connectivity index (χ0n) is 21.6. The molecule has 0 aliphatic heterocycles. The first-order valence-corrected chi connectivity index (χ1v) is 15.5. The van der Waals surface area contributed by atoms with Gasteiger partial charge in [0.1, 0.15) is 0 Å². The van der Waals surface area contributed by atoms with Gasteiger partial charge in [0.05, 0.1) is 0 Å². The van der Waals surface area contributed by atoms with Crippen LogP contribution in [0.2, 0.25) is 0 Å². The van der Waals surface area contributed by atoms with Crippen molar-refractivity contribution >= 4 is 45.9 Å². The van der Waals surface area contributed by atoms with Crippen LogP contribution in [0.3, 0.4) is 0 Å². The lowest BCUT2D eigenvalue weighted by Gasteiger charge is -2.11. The summed E-state index contributed by atoms with van der Waals surface area (Å²) in [5, 5.41) is 7.55. The standard InChI is InChI=1S/C29H42N4S2/c1-3-5-7-9-11-15-22-34-28-31-27(30-26-21-17-19-24-18-13-14-20-25(24)26)32-29(33-28)35-23-16-12-10-8-6-4-2/h13-14,17-21H,3-12,15-16,22-23H2,1-2H3,(H,30,31,32,33). The minimum absolute atomic E-state index is 0.646. The highest BCUT2D eigenvalue weighted by Crippen LogP contribution is 2.28. The molecule has 1 aromatic heterocycles. The first-order chi connectivity index (χ1) is 17.3. The number of anilines is 2. The average Bonchev–Trinajstić information content (AvgIpc) is 2.88. The van der Waals surface area contributed by atoms with Crippen molar-refractivity contribution < 1.29 is 0 Å². The summed E-state index contributed by atoms with van der Waals surface area (Å²) in [7, 11) is 0. The van der Waals surface area contributed by atoms with Crippen LogP contribution in [0.15, 0.2) is 52.8 Å². The van der Waals surface area contributed by atoms with Crippen molar-refractivity contribution in [2.24, 2.45) is 0 Å². The van der Waals surface area contributed by atoms with Crippen LogP contribution >= 0.6 is 23.5 Å². The monoisotopic (exact) mass is 510 g/mol. The van der Waals surface area contributed by atoms with Gasteiger partial charge in [0.2, 0.25) is 5.95 Å². The molecule has 0 saturated heterocycles. The topological polar surface area (TPSA) is 50.7 Å². The molecule has 0 fully saturated rings. The normalized spacial score (nSPS) is 11.3. The summed E-state index contributed by atoms with van der Waals surface area (Å²) in [6, 6.07) is 14.7. The molecule has 0 atom stereocenters. The van der Waals surface area contributed by atoms with E-state index in [1.54, 1.807) is 23.5 Å². The SMILES string of the molecule is CCCCCCCCSc1nc(Nc2cccc3ccccc23)nc(SCCCCCCCC)n1. The van der Waals surface area contributed by atoms with E-state index in [0.29, 0.717) is 5.95 Å². The number of fused-ring (bicyclic) bond motifs is 1. The molecule has 1 N–H and O–H groups in total. The lowest BCUT2D eigenvalue weighted by Crippen LogP contribution is -2.03. The van der Waals surface area contributed by atoms with Crippen molar-refractivity contribution in [2.75, 3.05) is 16.8 Å². The van der Waals surface area contributed by atoms with E-state index in [0.717, 1.165) is 27.5 Å². The Bertz CT molecular complexity index is 954. The zero-order chi connectivity index (χ0) is 24.6. The van der Waals surface area contributed by atoms with E-state index in [-0.39, 0.29) is 0 Å². The van der Waals surface area contributed by atoms with Gasteiger partial charge in [-0.25, -0.2) is 0 Å². The molecule has 0 spiro atoms. The van der Waals surface area contributed by atoms with E-state index in [1.807, 2.05) is 0 Å². The number of hydrogen-bond donors (Lipinski definition) is 1. The smallest absolute Gasteiger partial charge is 0.232 e. The molecule has 190 valence electrons. The molecule has 0 aliphatic rings. The van der Waals surface area contributed by atoms with Crippen LogP contribution in [0.1, 0.15) is 90.9 Å². The van der Waals surface area contributed by atoms with Crippen LogP contribution in [0, 0.1) is 0 Å². The summed E-state index contributed by atoms with van der Waals surface area (Å²) < 4.78 is 0. The lowest BCUT2D eigenvalue weighted by atomic mass is 10.1. The Labute approximate surface area is 220 Å². The van der Waals surface area contributed by atoms with Gasteiger partial charge in [-0.15, -0.1) is 0 Å². The molecule has 3 rings (SSSR count). The summed E-state index contributed by atoms with van der Waals surface area (Å²) in [4.78, 5) is 14.3. The van der Waals surface area contributed by atoms with Crippen LogP contribution in [-0.4, -0.2) is 26.5 Å². The number of nitrogens with zero attached hydrogens (tertiary/aromatic N) is 3. The highest BCUT2D eigenvalue weighted by atomic mass is 32.2. The van der Waals surface area contributed by atoms with Gasteiger partial charge in [-0.3, -0.25) is 0 Å². The van der Waals surface area contributed by atoms with Crippen molar-refractivity contribution in [3.05, 3.63) is 42.5 Å². The number of aromatic nitrogens is 3. The number of benzene rings is 2. The van der Waals surface area contributed by atoms with Crippen molar-refractivity contribution in [1.82, 2.24) is 15.0 Å². The summed E-state index contributed by atoms with van der Waals surface area (Å²) in [5.74, 6) is 2.77. The largest absolute Gasteiger partial charge is 0.323 e. The molecule has 0 aliphatic carbocycles. The fourth-order valence-electron chi connectivity index (χ4n) is 4.07. The molecule has 1 heterocycles. The maximum absolute atomic E-state index is 4.80. The third-order valence-electron chi connectivity index (χ3n) is 6.09. The summed E-state index contributed by atoms with van der Waals surface area (Å²) in [6.07, 6.45) is 15.7. The highest BCUT2D eigenvalue weighted by molar-refractivity contribution is 7.99. The molecule has 0 amide bonds. The molecular formula is C29H42N4S2. The minimum atomic E-state index is 0.646. The van der Waals surface area contributed by atoms with E-state index in [2.05, 4.69) is 61.6 Å². The van der Waals surface area contributed by atoms with Crippen molar-refractivity contribution in [2.45, 2.75) is 101 Å². The second kappa shape index (κ2) is 16.8. The van der Waals surface area contributed by atoms with Gasteiger partial charge in [-0.05, 0) is 24.3 Å². The third kappa shape index (κ3) is 10.4. The van der Waals surface area contributed by atoms with Crippen LogP contribution in [0.5, 0.6) is 0 Å². The van der Waals surface area contributed by atoms with Gasteiger partial charge < -0.3 is 5.32 Å². The maximum Gasteiger partial charge on any atom is 0.232 e. The van der Waals surface area contributed by atoms with Crippen LogP contribution in [0.4, 0.5) is 11.6 Å². The molecule has 4 nitrogen and oxygen atoms in total. The predicted octanol–water partition coefficient (Wildman–Crippen LogP) is 9.67. The molecule has 6 heteroatoms. The van der Waals surface area contributed by atoms with Gasteiger partial charge in [0, 0.05) is 22.6 Å². The highest BCUT2D eigenvalue weighted by Gasteiger charge is 2.10. The van der Waals surface area contributed by atoms with Crippen LogP contribution in [0.25, 0.3) is 10.8 Å². The van der Waals surface area contributed by atoms with Crippen LogP contribution < -0.4 is 5.32 Å². The van der Waals surface area contributed by atoms with E-state index in [1.165, 1.54) is 87.8 Å². The Morgan fingerprint density at radius 3 is 1.77 bits per heavy atom. The van der Waals surface area contributed by atoms with Gasteiger partial charge in [0.25, 0.3) is 0 Å². The van der Waals surface area contributed by atoms with Crippen molar-refractivity contribution in [3.63, 3.8) is 0 Å². The van der Waals surface area contributed by atoms with Gasteiger partial charge in [-0.1, -0.05) is 138 Å². The molecule has 35 heavy (non-hydrogen) atoms. The van der Waals surface area contributed by atoms with E-state index in [9.17, 15) is 0 Å². The summed E-state index contributed by atoms with van der Waals surface area (Å²) in [6.45, 7) is 4.53. The summed E-state index contributed by atoms with van der Waals surface area (Å²) >= 11 is 3.53. The quantitative estimate of drug-likeness (QED) is 0.136. The van der Waals surface area contributed by atoms with Gasteiger partial charge >= 0.3 is 0 Å². The number of rotatable bonds is 18. The van der Waals surface area contributed by atoms with E-state index < -0.39 is 0 Å². The fraction of sp³-hybridized carbons (Fsp3) is 0.552. The Morgan fingerprint density at radius 1 is 0.600 bits per heavy atom. The third-order valence-corrected chi connectivity index (χ3v) is 7.96. The van der Waals surface area contributed by atoms with Crippen LogP contribution in [-0.2, 0) is 0 Å². The second-order valence-electron chi connectivity index (χ2n) is 9.11. The second-order valence-corrected chi connectivity index (χ2v) is 11.2. The number of unbranched alkanes of at least 4 members (excludes halogenated alkanes) is 10. The Balaban J connectivity index is 1.62. The molecule has 0 unspecified atom stereocenters. The number of hydrogen-bond acceptors (Lipinski definition) is 6. The van der Waals surface area contributed by atoms with Crippen molar-refractivity contribution in [3.8, 4) is 0 Å². The van der Waals surface area contributed by atoms with E-state index in [4.69, 9.17) is 15.0 Å². The molecule has 3 aromatic rings. The Kier molecular flexibility index (Phi) is 13.3. The maximum atomic E-state index is 4.80. The Morgan fingerprint density at radius 2 is 1.14 bits per heavy atom. The fourth-order valence-corrected chi connectivity index (χ4v) is 5.79. The minimum Gasteiger partial charge on any atom is -0.323 e. The predicted molar refractivity (Wildman–Crippen MR) is 155 cm³/mol. The van der Waals surface area contributed by atoms with Gasteiger partial charge in [0.15, 0.2) is 10.3 Å². The Hall–Kier alpha value is -1.79. The number of nitrogens with one attached hydrogen (secondary N) is 1. The molecule has 0 radical (unpaired) electrons. The lowest BCUT2D eigenvalue weighted by molar-refractivity contribution is 0.626.